The third-order valence-electron chi connectivity index (χ3n) is 1.10. The Balaban J connectivity index is 2.86. The number of nitrogens with one attached hydrogen (secondary N) is 1. The van der Waals surface area contributed by atoms with Gasteiger partial charge in [-0.3, -0.25) is 9.57 Å². The summed E-state index contributed by atoms with van der Waals surface area (Å²) < 4.78 is 17.6. The molecule has 0 spiro atoms. The van der Waals surface area contributed by atoms with Gasteiger partial charge in [0, 0.05) is 12.2 Å². The van der Waals surface area contributed by atoms with Crippen LogP contribution in [0.4, 0.5) is 0 Å². The van der Waals surface area contributed by atoms with Gasteiger partial charge < -0.3 is 0 Å². The summed E-state index contributed by atoms with van der Waals surface area (Å²) in [5.41, 5.74) is 0. The molecule has 3 nitrogen and oxygen atoms in total. The summed E-state index contributed by atoms with van der Waals surface area (Å²) in [6.07, 6.45) is 0.350. The summed E-state index contributed by atoms with van der Waals surface area (Å²) in [6.45, 7) is 0. The predicted molar refractivity (Wildman–Crippen MR) is 30.2 cm³/mol. The quantitative estimate of drug-likeness (QED) is 0.506. The number of Topliss-reactive ketones (excluding diaryl/α,β-unsaturated/α-hetero) is 1. The Hall–Kier alpha value is -0.380. The molecule has 8 heavy (non-hydrogen) atoms. The molecular weight excluding hydrogens is 126 g/mol. The highest BCUT2D eigenvalue weighted by Crippen LogP contribution is 2.06. The smallest absolute Gasteiger partial charge is 0.147 e. The number of hydrogen-bond donors (Lipinski definition) is 1. The molecule has 0 aliphatic carbocycles. The van der Waals surface area contributed by atoms with Gasteiger partial charge in [0.05, 0.1) is 15.5 Å². The Morgan fingerprint density at radius 1 is 1.62 bits per heavy atom. The summed E-state index contributed by atoms with van der Waals surface area (Å²) in [7, 11) is -2.45. The molecule has 0 bridgehead atoms. The van der Waals surface area contributed by atoms with Crippen LogP contribution in [0.1, 0.15) is 6.42 Å². The fourth-order valence-electron chi connectivity index (χ4n) is 0.683. The van der Waals surface area contributed by atoms with Gasteiger partial charge >= 0.3 is 0 Å². The Bertz CT molecular complexity index is 204. The van der Waals surface area contributed by atoms with Crippen molar-refractivity contribution in [1.82, 2.24) is 0 Å². The minimum Gasteiger partial charge on any atom is -0.299 e. The first-order chi connectivity index (χ1) is 3.60. The maximum atomic E-state index is 10.6. The summed E-state index contributed by atoms with van der Waals surface area (Å²) >= 11 is 0. The van der Waals surface area contributed by atoms with Gasteiger partial charge in [-0.2, -0.15) is 0 Å². The summed E-state index contributed by atoms with van der Waals surface area (Å²) in [5, 5.41) is 0. The van der Waals surface area contributed by atoms with E-state index in [0.29, 0.717) is 6.42 Å². The number of rotatable bonds is 0. The van der Waals surface area contributed by atoms with E-state index in [4.69, 9.17) is 4.78 Å². The Morgan fingerprint density at radius 2 is 2.25 bits per heavy atom. The first kappa shape index (κ1) is 5.75. The van der Waals surface area contributed by atoms with Crippen molar-refractivity contribution in [1.29, 1.82) is 4.78 Å². The van der Waals surface area contributed by atoms with E-state index in [2.05, 4.69) is 0 Å². The number of hydrogen-bond acceptors (Lipinski definition) is 3. The number of ketones is 1. The molecule has 0 aromatic heterocycles. The fourth-order valence-corrected chi connectivity index (χ4v) is 2.05. The van der Waals surface area contributed by atoms with Crippen LogP contribution in [0, 0.1) is 4.78 Å². The molecular formula is C4H7NO2S. The second-order valence-corrected chi connectivity index (χ2v) is 4.27. The van der Waals surface area contributed by atoms with Crippen LogP contribution in [-0.2, 0) is 14.5 Å². The second-order valence-electron chi connectivity index (χ2n) is 1.95. The molecule has 1 rings (SSSR count). The van der Waals surface area contributed by atoms with Crippen molar-refractivity contribution in [2.24, 2.45) is 0 Å². The largest absolute Gasteiger partial charge is 0.299 e. The zero-order valence-corrected chi connectivity index (χ0v) is 5.16. The second kappa shape index (κ2) is 1.55. The highest BCUT2D eigenvalue weighted by atomic mass is 32.2. The van der Waals surface area contributed by atoms with Crippen molar-refractivity contribution in [2.75, 3.05) is 11.5 Å². The van der Waals surface area contributed by atoms with Crippen molar-refractivity contribution in [2.45, 2.75) is 6.42 Å². The molecule has 1 aliphatic rings. The van der Waals surface area contributed by atoms with Crippen molar-refractivity contribution in [3.05, 3.63) is 0 Å². The predicted octanol–water partition coefficient (Wildman–Crippen LogP) is 0.00597. The third kappa shape index (κ3) is 1.06. The van der Waals surface area contributed by atoms with Crippen molar-refractivity contribution in [3.8, 4) is 0 Å². The molecule has 1 N–H and O–H groups in total. The maximum absolute atomic E-state index is 10.6. The first-order valence-electron chi connectivity index (χ1n) is 2.36. The van der Waals surface area contributed by atoms with Gasteiger partial charge in [0.1, 0.15) is 5.78 Å². The van der Waals surface area contributed by atoms with Gasteiger partial charge in [0.2, 0.25) is 0 Å². The van der Waals surface area contributed by atoms with E-state index in [1.165, 1.54) is 0 Å². The molecule has 1 unspecified atom stereocenters. The number of carbonyl (C=O) groups is 1. The van der Waals surface area contributed by atoms with Gasteiger partial charge in [-0.25, -0.2) is 4.21 Å². The average Bonchev–Trinajstić information content (AvgIpc) is 1.82. The van der Waals surface area contributed by atoms with E-state index in [1.54, 1.807) is 0 Å². The Kier molecular flexibility index (Phi) is 1.11. The molecule has 0 aromatic carbocycles. The maximum Gasteiger partial charge on any atom is 0.147 e. The number of carbonyl (C=O) groups excluding carboxylic acids is 1. The molecule has 1 atom stereocenters. The van der Waals surface area contributed by atoms with Gasteiger partial charge in [-0.15, -0.1) is 0 Å². The van der Waals surface area contributed by atoms with Crippen LogP contribution in [0.2, 0.25) is 0 Å². The molecule has 1 saturated heterocycles. The van der Waals surface area contributed by atoms with Crippen LogP contribution in [0.3, 0.4) is 0 Å². The van der Waals surface area contributed by atoms with Gasteiger partial charge in [0.25, 0.3) is 0 Å². The van der Waals surface area contributed by atoms with Gasteiger partial charge in [-0.05, 0) is 0 Å². The van der Waals surface area contributed by atoms with E-state index in [0.717, 1.165) is 0 Å². The van der Waals surface area contributed by atoms with E-state index in [9.17, 15) is 9.00 Å². The molecule has 0 saturated carbocycles. The molecule has 1 heterocycles. The monoisotopic (exact) mass is 133 g/mol. The third-order valence-corrected chi connectivity index (χ3v) is 2.76. The SMILES string of the molecule is N=S1(=O)CCC(=O)C1. The summed E-state index contributed by atoms with van der Waals surface area (Å²) in [5.74, 6) is 0.253. The molecule has 0 radical (unpaired) electrons. The molecule has 0 amide bonds. The van der Waals surface area contributed by atoms with Crippen molar-refractivity contribution in [3.63, 3.8) is 0 Å². The molecule has 1 aliphatic heterocycles. The van der Waals surface area contributed by atoms with Gasteiger partial charge in [-0.1, -0.05) is 0 Å². The molecule has 1 fully saturated rings. The lowest BCUT2D eigenvalue weighted by molar-refractivity contribution is -0.115. The zero-order chi connectivity index (χ0) is 6.20. The van der Waals surface area contributed by atoms with Crippen molar-refractivity contribution >= 4 is 15.5 Å². The first-order valence-corrected chi connectivity index (χ1v) is 4.26. The lowest BCUT2D eigenvalue weighted by atomic mass is 10.4. The van der Waals surface area contributed by atoms with Crippen LogP contribution in [0.5, 0.6) is 0 Å². The minimum absolute atomic E-state index is 0.00694. The average molecular weight is 133 g/mol. The normalized spacial score (nSPS) is 38.2. The minimum atomic E-state index is -2.45. The highest BCUT2D eigenvalue weighted by Gasteiger charge is 2.21. The van der Waals surface area contributed by atoms with Crippen LogP contribution in [0.15, 0.2) is 0 Å². The highest BCUT2D eigenvalue weighted by molar-refractivity contribution is 7.93. The van der Waals surface area contributed by atoms with Crippen LogP contribution in [0.25, 0.3) is 0 Å². The topological polar surface area (TPSA) is 58.0 Å². The van der Waals surface area contributed by atoms with Crippen molar-refractivity contribution < 1.29 is 9.00 Å². The van der Waals surface area contributed by atoms with E-state index in [1.807, 2.05) is 0 Å². The van der Waals surface area contributed by atoms with Crippen LogP contribution < -0.4 is 0 Å². The Morgan fingerprint density at radius 3 is 2.38 bits per heavy atom. The Labute approximate surface area is 48.1 Å². The van der Waals surface area contributed by atoms with Crippen LogP contribution in [-0.4, -0.2) is 21.5 Å². The summed E-state index contributed by atoms with van der Waals surface area (Å²) in [6, 6.07) is 0. The molecule has 0 aromatic rings. The standard InChI is InChI=1S/C4H7NO2S/c5-8(7)2-1-4(6)3-8/h5H,1-3H2. The van der Waals surface area contributed by atoms with E-state index < -0.39 is 9.73 Å². The summed E-state index contributed by atoms with van der Waals surface area (Å²) in [4.78, 5) is 10.4. The zero-order valence-electron chi connectivity index (χ0n) is 4.35. The van der Waals surface area contributed by atoms with E-state index >= 15 is 0 Å². The van der Waals surface area contributed by atoms with Gasteiger partial charge in [0.15, 0.2) is 0 Å². The molecule has 46 valence electrons. The fraction of sp³-hybridized carbons (Fsp3) is 0.750. The lowest BCUT2D eigenvalue weighted by Gasteiger charge is -1.85. The van der Waals surface area contributed by atoms with E-state index in [-0.39, 0.29) is 17.3 Å². The lowest BCUT2D eigenvalue weighted by Crippen LogP contribution is -2.00. The van der Waals surface area contributed by atoms with Crippen LogP contribution >= 0.6 is 0 Å². The molecule has 4 heteroatoms.